The van der Waals surface area contributed by atoms with Crippen molar-refractivity contribution in [2.45, 2.75) is 25.9 Å². The zero-order chi connectivity index (χ0) is 24.4. The maximum atomic E-state index is 6.42. The summed E-state index contributed by atoms with van der Waals surface area (Å²) in [5.74, 6) is 1.00. The Morgan fingerprint density at radius 3 is 2.33 bits per heavy atom. The number of para-hydroxylation sites is 1. The summed E-state index contributed by atoms with van der Waals surface area (Å²) in [6.07, 6.45) is 6.42. The Bertz CT molecular complexity index is 1680. The fraction of sp³-hybridized carbons (Fsp3) is 0.125. The van der Waals surface area contributed by atoms with Gasteiger partial charge in [-0.05, 0) is 88.9 Å². The largest absolute Gasteiger partial charge is 0.456 e. The summed E-state index contributed by atoms with van der Waals surface area (Å²) in [5, 5.41) is 4.92. The number of fused-ring (bicyclic) bond motifs is 6. The van der Waals surface area contributed by atoms with Crippen molar-refractivity contribution >= 4 is 64.2 Å². The van der Waals surface area contributed by atoms with Crippen LogP contribution in [0.3, 0.4) is 0 Å². The second-order valence-electron chi connectivity index (χ2n) is 10.3. The molecule has 0 fully saturated rings. The van der Waals surface area contributed by atoms with Crippen LogP contribution in [-0.2, 0) is 6.42 Å². The molecule has 0 radical (unpaired) electrons. The molecule has 1 aliphatic heterocycles. The molecule has 7 rings (SSSR count). The molecule has 1 aromatic heterocycles. The van der Waals surface area contributed by atoms with Crippen molar-refractivity contribution in [2.75, 3.05) is 4.90 Å². The summed E-state index contributed by atoms with van der Waals surface area (Å²) in [5.41, 5.74) is 8.34. The maximum absolute atomic E-state index is 6.42. The highest BCUT2D eigenvalue weighted by atomic mass is 35.5. The van der Waals surface area contributed by atoms with Gasteiger partial charge in [-0.3, -0.25) is 0 Å². The van der Waals surface area contributed by atoms with Crippen LogP contribution in [0.4, 0.5) is 17.1 Å². The summed E-state index contributed by atoms with van der Waals surface area (Å²) in [6, 6.07) is 30.6. The van der Waals surface area contributed by atoms with Crippen molar-refractivity contribution in [1.29, 1.82) is 0 Å². The number of hydrogen-bond acceptors (Lipinski definition) is 2. The number of anilines is 3. The van der Waals surface area contributed by atoms with Crippen molar-refractivity contribution in [2.24, 2.45) is 0 Å². The lowest BCUT2D eigenvalue weighted by molar-refractivity contribution is 0.595. The lowest BCUT2D eigenvalue weighted by Crippen LogP contribution is -2.49. The molecule has 0 N–H and O–H groups in total. The van der Waals surface area contributed by atoms with E-state index in [-0.39, 0.29) is 0 Å². The molecule has 0 saturated heterocycles. The van der Waals surface area contributed by atoms with E-state index in [1.165, 1.54) is 32.5 Å². The molecule has 0 unspecified atom stereocenters. The van der Waals surface area contributed by atoms with Gasteiger partial charge in [0.2, 0.25) is 0 Å². The van der Waals surface area contributed by atoms with Crippen LogP contribution in [0.1, 0.15) is 17.7 Å². The smallest absolute Gasteiger partial charge is 0.137 e. The lowest BCUT2D eigenvalue weighted by Gasteiger charge is -2.27. The van der Waals surface area contributed by atoms with Crippen LogP contribution in [0.25, 0.3) is 28.2 Å². The van der Waals surface area contributed by atoms with Crippen LogP contribution in [-0.4, -0.2) is 8.07 Å². The van der Waals surface area contributed by atoms with E-state index in [9.17, 15) is 0 Å². The standard InChI is InChI=1S/C32H26ClNOSi/c1-36(2)31-18-21(33)12-15-27(31)28-17-14-24(20-32(28)36)34(22-8-4-3-5-9-22)23-13-16-26-25-10-6-7-11-29(25)35-30(26)19-23/h3-5,7-9,11-20H,6,10H2,1-2H3. The normalized spacial score (nSPS) is 15.0. The molecular weight excluding hydrogens is 478 g/mol. The molecule has 2 nitrogen and oxygen atoms in total. The fourth-order valence-electron chi connectivity index (χ4n) is 5.97. The van der Waals surface area contributed by atoms with E-state index in [0.29, 0.717) is 0 Å². The first-order valence-corrected chi connectivity index (χ1v) is 15.9. The van der Waals surface area contributed by atoms with Crippen molar-refractivity contribution in [3.8, 4) is 11.1 Å². The number of nitrogens with zero attached hydrogens (tertiary/aromatic N) is 1. The molecule has 5 aromatic rings. The Hall–Kier alpha value is -3.53. The van der Waals surface area contributed by atoms with E-state index in [1.807, 2.05) is 6.07 Å². The third kappa shape index (κ3) is 3.23. The summed E-state index contributed by atoms with van der Waals surface area (Å²) in [6.45, 7) is 4.86. The van der Waals surface area contributed by atoms with Gasteiger partial charge in [0.25, 0.3) is 0 Å². The van der Waals surface area contributed by atoms with Gasteiger partial charge in [0.15, 0.2) is 0 Å². The topological polar surface area (TPSA) is 16.4 Å². The van der Waals surface area contributed by atoms with Gasteiger partial charge < -0.3 is 9.32 Å². The maximum Gasteiger partial charge on any atom is 0.137 e. The molecule has 2 heterocycles. The van der Waals surface area contributed by atoms with E-state index in [1.54, 1.807) is 0 Å². The van der Waals surface area contributed by atoms with Crippen molar-refractivity contribution in [3.63, 3.8) is 0 Å². The van der Waals surface area contributed by atoms with Gasteiger partial charge in [-0.15, -0.1) is 0 Å². The zero-order valence-corrected chi connectivity index (χ0v) is 22.1. The third-order valence-electron chi connectivity index (χ3n) is 7.79. The predicted molar refractivity (Wildman–Crippen MR) is 155 cm³/mol. The van der Waals surface area contributed by atoms with Gasteiger partial charge in [0, 0.05) is 39.1 Å². The monoisotopic (exact) mass is 503 g/mol. The number of benzene rings is 4. The Kier molecular flexibility index (Phi) is 4.82. The van der Waals surface area contributed by atoms with E-state index >= 15 is 0 Å². The summed E-state index contributed by atoms with van der Waals surface area (Å²) >= 11 is 6.42. The minimum Gasteiger partial charge on any atom is -0.456 e. The Morgan fingerprint density at radius 2 is 1.50 bits per heavy atom. The minimum atomic E-state index is -1.88. The number of furan rings is 1. The van der Waals surface area contributed by atoms with Gasteiger partial charge >= 0.3 is 0 Å². The average molecular weight is 504 g/mol. The van der Waals surface area contributed by atoms with E-state index in [0.717, 1.165) is 46.3 Å². The van der Waals surface area contributed by atoms with Crippen molar-refractivity contribution < 1.29 is 4.42 Å². The molecule has 0 amide bonds. The highest BCUT2D eigenvalue weighted by molar-refractivity contribution is 7.04. The number of rotatable bonds is 3. The van der Waals surface area contributed by atoms with Crippen LogP contribution in [0.15, 0.2) is 95.4 Å². The first kappa shape index (κ1) is 21.7. The summed E-state index contributed by atoms with van der Waals surface area (Å²) < 4.78 is 6.29. The number of hydrogen-bond donors (Lipinski definition) is 0. The molecular formula is C32H26ClNOSi. The van der Waals surface area contributed by atoms with Crippen LogP contribution < -0.4 is 15.3 Å². The number of halogens is 1. The van der Waals surface area contributed by atoms with Crippen molar-refractivity contribution in [3.05, 3.63) is 107 Å². The molecule has 4 aromatic carbocycles. The van der Waals surface area contributed by atoms with E-state index in [4.69, 9.17) is 16.0 Å². The summed E-state index contributed by atoms with van der Waals surface area (Å²) in [4.78, 5) is 2.34. The molecule has 0 atom stereocenters. The van der Waals surface area contributed by atoms with E-state index < -0.39 is 8.07 Å². The predicted octanol–water partition coefficient (Wildman–Crippen LogP) is 8.32. The van der Waals surface area contributed by atoms with Gasteiger partial charge in [-0.2, -0.15) is 0 Å². The quantitative estimate of drug-likeness (QED) is 0.230. The number of allylic oxidation sites excluding steroid dienone is 1. The Balaban J connectivity index is 1.40. The Labute approximate surface area is 217 Å². The first-order chi connectivity index (χ1) is 17.5. The van der Waals surface area contributed by atoms with Gasteiger partial charge in [-0.1, -0.05) is 61.1 Å². The number of aryl methyl sites for hydroxylation is 1. The van der Waals surface area contributed by atoms with Crippen LogP contribution in [0, 0.1) is 0 Å². The molecule has 0 spiro atoms. The highest BCUT2D eigenvalue weighted by Crippen LogP contribution is 2.40. The van der Waals surface area contributed by atoms with Crippen molar-refractivity contribution in [1.82, 2.24) is 0 Å². The van der Waals surface area contributed by atoms with Crippen LogP contribution >= 0.6 is 11.6 Å². The molecule has 4 heteroatoms. The minimum absolute atomic E-state index is 0.817. The fourth-order valence-corrected chi connectivity index (χ4v) is 9.33. The molecule has 0 saturated carbocycles. The second kappa shape index (κ2) is 7.99. The molecule has 2 aliphatic rings. The Morgan fingerprint density at radius 1 is 0.778 bits per heavy atom. The molecule has 176 valence electrons. The van der Waals surface area contributed by atoms with Gasteiger partial charge in [0.1, 0.15) is 19.4 Å². The second-order valence-corrected chi connectivity index (χ2v) is 15.0. The lowest BCUT2D eigenvalue weighted by atomic mass is 10.0. The molecule has 1 aliphatic carbocycles. The first-order valence-electron chi connectivity index (χ1n) is 12.5. The third-order valence-corrected chi connectivity index (χ3v) is 11.5. The summed E-state index contributed by atoms with van der Waals surface area (Å²) in [7, 11) is -1.88. The van der Waals surface area contributed by atoms with Gasteiger partial charge in [-0.25, -0.2) is 0 Å². The van der Waals surface area contributed by atoms with E-state index in [2.05, 4.69) is 109 Å². The highest BCUT2D eigenvalue weighted by Gasteiger charge is 2.38. The SMILES string of the molecule is C[Si]1(C)c2cc(Cl)ccc2-c2ccc(N(c3ccccc3)c3ccc4c5c(oc4c3)C=CCC5)cc21. The molecule has 36 heavy (non-hydrogen) atoms. The zero-order valence-electron chi connectivity index (χ0n) is 20.4. The van der Waals surface area contributed by atoms with Crippen LogP contribution in [0.2, 0.25) is 18.1 Å². The van der Waals surface area contributed by atoms with Crippen LogP contribution in [0.5, 0.6) is 0 Å². The molecule has 0 bridgehead atoms. The van der Waals surface area contributed by atoms with Gasteiger partial charge in [0.05, 0.1) is 0 Å². The average Bonchev–Trinajstić information content (AvgIpc) is 3.37.